The molecular weight excluding hydrogens is 281 g/mol. The summed E-state index contributed by atoms with van der Waals surface area (Å²) in [7, 11) is 0. The van der Waals surface area contributed by atoms with Crippen molar-refractivity contribution in [3.05, 3.63) is 59.9 Å². The minimum absolute atomic E-state index is 0.226. The Hall–Kier alpha value is -2.24. The smallest absolute Gasteiger partial charge is 0.354 e. The highest BCUT2D eigenvalue weighted by Gasteiger charge is 2.30. The summed E-state index contributed by atoms with van der Waals surface area (Å²) in [5.74, 6) is -0.365. The van der Waals surface area contributed by atoms with E-state index < -0.39 is 11.7 Å². The minimum atomic E-state index is -4.38. The Morgan fingerprint density at radius 3 is 2.29 bits per heavy atom. The van der Waals surface area contributed by atoms with Gasteiger partial charge in [-0.1, -0.05) is 0 Å². The van der Waals surface area contributed by atoms with Gasteiger partial charge in [0.05, 0.1) is 5.56 Å². The first-order valence-corrected chi connectivity index (χ1v) is 6.53. The lowest BCUT2D eigenvalue weighted by Crippen LogP contribution is -2.25. The molecule has 2 aromatic rings. The highest BCUT2D eigenvalue weighted by Crippen LogP contribution is 2.28. The maximum Gasteiger partial charge on any atom is 0.416 e. The number of benzene rings is 1. The fraction of sp³-hybridized carbons (Fsp3) is 0.267. The van der Waals surface area contributed by atoms with Crippen LogP contribution in [0.15, 0.2) is 48.8 Å². The molecule has 1 aromatic heterocycles. The fourth-order valence-corrected chi connectivity index (χ4v) is 1.90. The fourth-order valence-electron chi connectivity index (χ4n) is 1.90. The number of nitrogens with one attached hydrogen (secondary N) is 1. The molecule has 0 fully saturated rings. The van der Waals surface area contributed by atoms with Gasteiger partial charge in [0.25, 0.3) is 5.91 Å². The number of carbonyl (C=O) groups is 1. The number of halogens is 3. The monoisotopic (exact) mass is 296 g/mol. The van der Waals surface area contributed by atoms with E-state index in [1.54, 1.807) is 0 Å². The summed E-state index contributed by atoms with van der Waals surface area (Å²) < 4.78 is 39.2. The van der Waals surface area contributed by atoms with Crippen LogP contribution in [0.1, 0.15) is 22.3 Å². The molecule has 0 aliphatic carbocycles. The van der Waals surface area contributed by atoms with Crippen molar-refractivity contribution in [3.63, 3.8) is 0 Å². The molecule has 21 heavy (non-hydrogen) atoms. The number of nitrogens with zero attached hydrogens (tertiary/aromatic N) is 1. The summed E-state index contributed by atoms with van der Waals surface area (Å²) in [6, 6.07) is 8.03. The van der Waals surface area contributed by atoms with Gasteiger partial charge in [0.15, 0.2) is 0 Å². The molecule has 3 nitrogen and oxygen atoms in total. The lowest BCUT2D eigenvalue weighted by molar-refractivity contribution is -0.137. The Kier molecular flexibility index (Phi) is 4.67. The molecule has 6 heteroatoms. The average molecular weight is 296 g/mol. The molecule has 0 aliphatic heterocycles. The zero-order chi connectivity index (χ0) is 15.3. The number of hydrogen-bond donors (Lipinski definition) is 1. The van der Waals surface area contributed by atoms with Crippen LogP contribution in [0.2, 0.25) is 0 Å². The van der Waals surface area contributed by atoms with Crippen molar-refractivity contribution < 1.29 is 18.0 Å². The highest BCUT2D eigenvalue weighted by atomic mass is 19.4. The van der Waals surface area contributed by atoms with Crippen LogP contribution in [0.3, 0.4) is 0 Å². The number of amides is 1. The second-order valence-corrected chi connectivity index (χ2v) is 4.61. The molecule has 112 valence electrons. The van der Waals surface area contributed by atoms with Gasteiger partial charge in [-0.2, -0.15) is 13.2 Å². The van der Waals surface area contributed by atoms with Crippen LogP contribution in [-0.4, -0.2) is 17.0 Å². The van der Waals surface area contributed by atoms with E-state index in [0.29, 0.717) is 6.54 Å². The van der Waals surface area contributed by atoms with Crippen LogP contribution in [0.4, 0.5) is 13.2 Å². The lowest BCUT2D eigenvalue weighted by atomic mass is 10.1. The third kappa shape index (κ3) is 4.37. The van der Waals surface area contributed by atoms with Crippen LogP contribution in [0.25, 0.3) is 0 Å². The molecule has 1 amide bonds. The molecule has 0 saturated carbocycles. The zero-order valence-corrected chi connectivity index (χ0v) is 11.2. The molecule has 1 N–H and O–H groups in total. The van der Waals surface area contributed by atoms with Gasteiger partial charge in [-0.15, -0.1) is 0 Å². The molecule has 0 radical (unpaired) electrons. The quantitative estimate of drug-likeness (QED) is 0.844. The summed E-state index contributed by atoms with van der Waals surface area (Å²) in [4.78, 5) is 11.8. The Labute approximate surface area is 120 Å². The molecule has 2 rings (SSSR count). The number of carbonyl (C=O) groups excluding carboxylic acids is 1. The van der Waals surface area contributed by atoms with E-state index in [1.165, 1.54) is 12.1 Å². The van der Waals surface area contributed by atoms with Crippen molar-refractivity contribution in [1.82, 2.24) is 9.88 Å². The first-order valence-electron chi connectivity index (χ1n) is 6.53. The average Bonchev–Trinajstić information content (AvgIpc) is 2.96. The van der Waals surface area contributed by atoms with Gasteiger partial charge in [0.1, 0.15) is 0 Å². The molecule has 0 atom stereocenters. The topological polar surface area (TPSA) is 34.0 Å². The lowest BCUT2D eigenvalue weighted by Gasteiger charge is -2.08. The largest absolute Gasteiger partial charge is 0.416 e. The van der Waals surface area contributed by atoms with Gasteiger partial charge in [0, 0.05) is 31.0 Å². The molecule has 0 saturated heterocycles. The van der Waals surface area contributed by atoms with E-state index in [4.69, 9.17) is 0 Å². The summed E-state index contributed by atoms with van der Waals surface area (Å²) in [5, 5.41) is 2.69. The van der Waals surface area contributed by atoms with Gasteiger partial charge in [-0.25, -0.2) is 0 Å². The molecule has 0 bridgehead atoms. The third-order valence-corrected chi connectivity index (χ3v) is 3.02. The van der Waals surface area contributed by atoms with E-state index in [9.17, 15) is 18.0 Å². The van der Waals surface area contributed by atoms with Gasteiger partial charge in [0.2, 0.25) is 0 Å². The van der Waals surface area contributed by atoms with Crippen molar-refractivity contribution >= 4 is 5.91 Å². The van der Waals surface area contributed by atoms with Crippen molar-refractivity contribution in [2.45, 2.75) is 19.1 Å². The van der Waals surface area contributed by atoms with Crippen molar-refractivity contribution in [3.8, 4) is 0 Å². The maximum atomic E-state index is 12.4. The number of alkyl halides is 3. The number of aromatic nitrogens is 1. The summed E-state index contributed by atoms with van der Waals surface area (Å²) in [6.07, 6.45) is 0.224. The molecule has 0 unspecified atom stereocenters. The molecule has 0 aliphatic rings. The summed E-state index contributed by atoms with van der Waals surface area (Å²) in [5.41, 5.74) is -0.532. The Bertz CT molecular complexity index is 574. The number of aryl methyl sites for hydroxylation is 1. The van der Waals surface area contributed by atoms with Gasteiger partial charge < -0.3 is 9.88 Å². The predicted octanol–water partition coefficient (Wildman–Crippen LogP) is 3.33. The first kappa shape index (κ1) is 15.2. The second kappa shape index (κ2) is 6.47. The minimum Gasteiger partial charge on any atom is -0.354 e. The van der Waals surface area contributed by atoms with Gasteiger partial charge in [-0.05, 0) is 42.8 Å². The Morgan fingerprint density at radius 1 is 1.10 bits per heavy atom. The second-order valence-electron chi connectivity index (χ2n) is 4.61. The normalized spacial score (nSPS) is 11.4. The Balaban J connectivity index is 1.80. The van der Waals surface area contributed by atoms with E-state index in [0.717, 1.165) is 25.1 Å². The van der Waals surface area contributed by atoms with E-state index in [2.05, 4.69) is 5.32 Å². The maximum absolute atomic E-state index is 12.4. The number of rotatable bonds is 5. The molecule has 1 aromatic carbocycles. The molecular formula is C15H15F3N2O. The van der Waals surface area contributed by atoms with Crippen molar-refractivity contribution in [2.24, 2.45) is 0 Å². The third-order valence-electron chi connectivity index (χ3n) is 3.02. The van der Waals surface area contributed by atoms with E-state index in [1.807, 2.05) is 29.1 Å². The van der Waals surface area contributed by atoms with Crippen LogP contribution >= 0.6 is 0 Å². The SMILES string of the molecule is O=C(NCCCn1cccc1)c1ccc(C(F)(F)F)cc1. The molecule has 0 spiro atoms. The standard InChI is InChI=1S/C15H15F3N2O/c16-15(17,18)13-6-4-12(5-7-13)14(21)19-8-3-11-20-9-1-2-10-20/h1-2,4-7,9-10H,3,8,11H2,(H,19,21). The van der Waals surface area contributed by atoms with Gasteiger partial charge in [-0.3, -0.25) is 4.79 Å². The van der Waals surface area contributed by atoms with Crippen molar-refractivity contribution in [2.75, 3.05) is 6.54 Å². The zero-order valence-electron chi connectivity index (χ0n) is 11.2. The van der Waals surface area contributed by atoms with Crippen molar-refractivity contribution in [1.29, 1.82) is 0 Å². The van der Waals surface area contributed by atoms with Crippen LogP contribution in [-0.2, 0) is 12.7 Å². The summed E-state index contributed by atoms with van der Waals surface area (Å²) >= 11 is 0. The van der Waals surface area contributed by atoms with Crippen LogP contribution in [0.5, 0.6) is 0 Å². The van der Waals surface area contributed by atoms with Crippen LogP contribution < -0.4 is 5.32 Å². The molecule has 1 heterocycles. The van der Waals surface area contributed by atoms with E-state index in [-0.39, 0.29) is 11.5 Å². The highest BCUT2D eigenvalue weighted by molar-refractivity contribution is 5.94. The van der Waals surface area contributed by atoms with Gasteiger partial charge >= 0.3 is 6.18 Å². The predicted molar refractivity (Wildman–Crippen MR) is 72.8 cm³/mol. The number of hydrogen-bond acceptors (Lipinski definition) is 1. The summed E-state index contributed by atoms with van der Waals surface area (Å²) in [6.45, 7) is 1.25. The Morgan fingerprint density at radius 2 is 1.71 bits per heavy atom. The van der Waals surface area contributed by atoms with Crippen LogP contribution in [0, 0.1) is 0 Å². The van der Waals surface area contributed by atoms with E-state index >= 15 is 0 Å². The first-order chi connectivity index (χ1) is 9.97.